The highest BCUT2D eigenvalue weighted by Gasteiger charge is 2.14. The molecule has 0 bridgehead atoms. The lowest BCUT2D eigenvalue weighted by atomic mass is 9.94. The highest BCUT2D eigenvalue weighted by Crippen LogP contribution is 2.23. The molecule has 0 aromatic rings. The van der Waals surface area contributed by atoms with E-state index in [2.05, 4.69) is 88.1 Å². The van der Waals surface area contributed by atoms with E-state index in [4.69, 9.17) is 4.99 Å². The van der Waals surface area contributed by atoms with E-state index in [0.29, 0.717) is 0 Å². The molecule has 1 atom stereocenters. The van der Waals surface area contributed by atoms with Crippen molar-refractivity contribution < 1.29 is 0 Å². The minimum absolute atomic E-state index is 0.0692. The topological polar surface area (TPSA) is 12.4 Å². The molecule has 0 aromatic heterocycles. The molecule has 0 saturated carbocycles. The molecule has 136 valence electrons. The summed E-state index contributed by atoms with van der Waals surface area (Å²) in [5.41, 5.74) is 6.29. The van der Waals surface area contributed by atoms with Gasteiger partial charge in [-0.15, -0.1) is 6.58 Å². The molecule has 26 heavy (non-hydrogen) atoms. The largest absolute Gasteiger partial charge is 0.277 e. The second-order valence-corrected chi connectivity index (χ2v) is 6.75. The third kappa shape index (κ3) is 5.84. The van der Waals surface area contributed by atoms with Gasteiger partial charge in [-0.05, 0) is 63.2 Å². The predicted octanol–water partition coefficient (Wildman–Crippen LogP) is 7.00. The van der Waals surface area contributed by atoms with E-state index in [9.17, 15) is 0 Å². The Kier molecular flexibility index (Phi) is 8.08. The SMILES string of the molecule is C=CC(CC1=CC=C(C)CC=C1)N=C(C1=CC=CCC1)C(/C=C\C)=C/C. The maximum absolute atomic E-state index is 5.13. The van der Waals surface area contributed by atoms with Crippen LogP contribution in [-0.2, 0) is 0 Å². The molecule has 2 rings (SSSR count). The van der Waals surface area contributed by atoms with E-state index in [0.717, 1.165) is 31.4 Å². The number of hydrogen-bond donors (Lipinski definition) is 0. The summed E-state index contributed by atoms with van der Waals surface area (Å²) in [4.78, 5) is 5.13. The van der Waals surface area contributed by atoms with Crippen LogP contribution >= 0.6 is 0 Å². The zero-order valence-electron chi connectivity index (χ0n) is 16.4. The van der Waals surface area contributed by atoms with Crippen LogP contribution in [0.1, 0.15) is 46.5 Å². The van der Waals surface area contributed by atoms with Gasteiger partial charge in [0, 0.05) is 0 Å². The standard InChI is InChI=1S/C25H31N/c1-5-12-22(6-2)25(23-15-9-8-10-16-23)26-24(7-3)19-21-14-11-13-20(4)17-18-21/h5-9,11-12,14-15,17-18,24H,3,10,13,16,19H2,1-2,4H3/b12-5-,22-6+,26-25?. The summed E-state index contributed by atoms with van der Waals surface area (Å²) in [5, 5.41) is 0. The first kappa shape index (κ1) is 19.9. The predicted molar refractivity (Wildman–Crippen MR) is 117 cm³/mol. The van der Waals surface area contributed by atoms with Crippen LogP contribution in [-0.4, -0.2) is 11.8 Å². The van der Waals surface area contributed by atoms with Gasteiger partial charge in [-0.25, -0.2) is 0 Å². The second kappa shape index (κ2) is 10.6. The molecule has 0 heterocycles. The average Bonchev–Trinajstić information content (AvgIpc) is 2.88. The molecule has 1 nitrogen and oxygen atoms in total. The summed E-state index contributed by atoms with van der Waals surface area (Å²) in [7, 11) is 0. The Morgan fingerprint density at radius 1 is 1.23 bits per heavy atom. The summed E-state index contributed by atoms with van der Waals surface area (Å²) >= 11 is 0. The minimum Gasteiger partial charge on any atom is -0.277 e. The van der Waals surface area contributed by atoms with Gasteiger partial charge in [0.25, 0.3) is 0 Å². The third-order valence-electron chi connectivity index (χ3n) is 4.61. The monoisotopic (exact) mass is 345 g/mol. The minimum atomic E-state index is 0.0692. The van der Waals surface area contributed by atoms with Gasteiger partial charge in [-0.3, -0.25) is 4.99 Å². The molecule has 0 aromatic carbocycles. The first-order chi connectivity index (χ1) is 12.7. The first-order valence-electron chi connectivity index (χ1n) is 9.56. The van der Waals surface area contributed by atoms with Crippen LogP contribution in [0.15, 0.2) is 101 Å². The van der Waals surface area contributed by atoms with Crippen molar-refractivity contribution in [1.29, 1.82) is 0 Å². The fourth-order valence-corrected chi connectivity index (χ4v) is 3.13. The van der Waals surface area contributed by atoms with E-state index in [1.807, 2.05) is 6.08 Å². The number of aliphatic imine (C=N–C) groups is 1. The van der Waals surface area contributed by atoms with Crippen molar-refractivity contribution in [2.45, 2.75) is 52.5 Å². The van der Waals surface area contributed by atoms with Crippen molar-refractivity contribution in [2.75, 3.05) is 0 Å². The summed E-state index contributed by atoms with van der Waals surface area (Å²) in [6.07, 6.45) is 27.8. The molecule has 0 fully saturated rings. The van der Waals surface area contributed by atoms with Gasteiger partial charge in [0.2, 0.25) is 0 Å². The second-order valence-electron chi connectivity index (χ2n) is 6.75. The Hall–Kier alpha value is -2.41. The van der Waals surface area contributed by atoms with Crippen molar-refractivity contribution in [3.05, 3.63) is 95.7 Å². The van der Waals surface area contributed by atoms with Gasteiger partial charge in [0.05, 0.1) is 11.8 Å². The van der Waals surface area contributed by atoms with Crippen LogP contribution in [0.25, 0.3) is 0 Å². The molecule has 0 spiro atoms. The molecular formula is C25H31N. The van der Waals surface area contributed by atoms with Crippen molar-refractivity contribution in [2.24, 2.45) is 4.99 Å². The fourth-order valence-electron chi connectivity index (χ4n) is 3.13. The van der Waals surface area contributed by atoms with E-state index in [1.54, 1.807) is 0 Å². The van der Waals surface area contributed by atoms with E-state index < -0.39 is 0 Å². The lowest BCUT2D eigenvalue weighted by molar-refractivity contribution is 0.815. The highest BCUT2D eigenvalue weighted by atomic mass is 14.8. The lowest BCUT2D eigenvalue weighted by Crippen LogP contribution is -2.13. The Bertz CT molecular complexity index is 745. The molecule has 0 saturated heterocycles. The van der Waals surface area contributed by atoms with Crippen LogP contribution in [0, 0.1) is 0 Å². The molecular weight excluding hydrogens is 314 g/mol. The zero-order valence-corrected chi connectivity index (χ0v) is 16.4. The number of allylic oxidation sites excluding steroid dienone is 13. The zero-order chi connectivity index (χ0) is 18.8. The number of hydrogen-bond acceptors (Lipinski definition) is 1. The van der Waals surface area contributed by atoms with Gasteiger partial charge in [0.15, 0.2) is 0 Å². The van der Waals surface area contributed by atoms with Crippen LogP contribution in [0.4, 0.5) is 0 Å². The van der Waals surface area contributed by atoms with Crippen LogP contribution < -0.4 is 0 Å². The van der Waals surface area contributed by atoms with E-state index in [-0.39, 0.29) is 6.04 Å². The smallest absolute Gasteiger partial charge is 0.0725 e. The highest BCUT2D eigenvalue weighted by molar-refractivity contribution is 6.14. The number of nitrogens with zero attached hydrogens (tertiary/aromatic N) is 1. The molecule has 0 N–H and O–H groups in total. The van der Waals surface area contributed by atoms with Gasteiger partial charge >= 0.3 is 0 Å². The fraction of sp³-hybridized carbons (Fsp3) is 0.320. The van der Waals surface area contributed by atoms with Gasteiger partial charge in [0.1, 0.15) is 0 Å². The Morgan fingerprint density at radius 3 is 2.73 bits per heavy atom. The molecule has 0 amide bonds. The summed E-state index contributed by atoms with van der Waals surface area (Å²) < 4.78 is 0. The molecule has 0 aliphatic heterocycles. The maximum atomic E-state index is 5.13. The van der Waals surface area contributed by atoms with E-state index in [1.165, 1.54) is 22.3 Å². The first-order valence-corrected chi connectivity index (χ1v) is 9.56. The van der Waals surface area contributed by atoms with E-state index >= 15 is 0 Å². The van der Waals surface area contributed by atoms with Gasteiger partial charge in [-0.2, -0.15) is 0 Å². The summed E-state index contributed by atoms with van der Waals surface area (Å²) in [6, 6.07) is 0.0692. The molecule has 1 unspecified atom stereocenters. The Morgan fingerprint density at radius 2 is 2.08 bits per heavy atom. The molecule has 1 heteroatoms. The molecule has 2 aliphatic carbocycles. The maximum Gasteiger partial charge on any atom is 0.0725 e. The van der Waals surface area contributed by atoms with Crippen molar-refractivity contribution in [3.8, 4) is 0 Å². The summed E-state index contributed by atoms with van der Waals surface area (Å²) in [6.45, 7) is 10.4. The van der Waals surface area contributed by atoms with Crippen molar-refractivity contribution in [1.82, 2.24) is 0 Å². The molecule has 2 aliphatic rings. The van der Waals surface area contributed by atoms with Crippen LogP contribution in [0.5, 0.6) is 0 Å². The van der Waals surface area contributed by atoms with Crippen LogP contribution in [0.2, 0.25) is 0 Å². The summed E-state index contributed by atoms with van der Waals surface area (Å²) in [5.74, 6) is 0. The Labute approximate surface area is 159 Å². The van der Waals surface area contributed by atoms with Gasteiger partial charge < -0.3 is 0 Å². The normalized spacial score (nSPS) is 19.7. The third-order valence-corrected chi connectivity index (χ3v) is 4.61. The average molecular weight is 346 g/mol. The van der Waals surface area contributed by atoms with Gasteiger partial charge in [-0.1, -0.05) is 72.4 Å². The molecule has 0 radical (unpaired) electrons. The Balaban J connectivity index is 2.34. The van der Waals surface area contributed by atoms with Crippen molar-refractivity contribution in [3.63, 3.8) is 0 Å². The lowest BCUT2D eigenvalue weighted by Gasteiger charge is -2.17. The van der Waals surface area contributed by atoms with Crippen molar-refractivity contribution >= 4 is 5.71 Å². The number of rotatable bonds is 7. The quantitative estimate of drug-likeness (QED) is 0.267. The van der Waals surface area contributed by atoms with Crippen LogP contribution in [0.3, 0.4) is 0 Å².